The van der Waals surface area contributed by atoms with Crippen LogP contribution >= 0.6 is 24.8 Å². The van der Waals surface area contributed by atoms with Crippen LogP contribution in [0.5, 0.6) is 0 Å². The molecule has 1 rings (SSSR count). The Morgan fingerprint density at radius 1 is 1.21 bits per heavy atom. The number of rotatable bonds is 2. The van der Waals surface area contributed by atoms with E-state index in [0.29, 0.717) is 11.3 Å². The topological polar surface area (TPSA) is 89.3 Å². The molecule has 4 nitrogen and oxygen atoms in total. The van der Waals surface area contributed by atoms with E-state index in [9.17, 15) is 4.79 Å². The molecule has 0 bridgehead atoms. The molecular weight excluding hydrogens is 227 g/mol. The van der Waals surface area contributed by atoms with Crippen molar-refractivity contribution in [3.05, 3.63) is 29.8 Å². The van der Waals surface area contributed by atoms with E-state index in [1.807, 2.05) is 0 Å². The van der Waals surface area contributed by atoms with E-state index >= 15 is 0 Å². The average molecular weight is 239 g/mol. The summed E-state index contributed by atoms with van der Waals surface area (Å²) in [4.78, 5) is 10.4. The zero-order chi connectivity index (χ0) is 9.14. The van der Waals surface area contributed by atoms with Gasteiger partial charge in [0.05, 0.1) is 0 Å². The van der Waals surface area contributed by atoms with Crippen LogP contribution in [0.2, 0.25) is 0 Å². The quantitative estimate of drug-likeness (QED) is 0.676. The van der Waals surface area contributed by atoms with Gasteiger partial charge in [0, 0.05) is 5.69 Å². The molecular formula is C8H12Cl2N2O2. The van der Waals surface area contributed by atoms with E-state index in [0.717, 1.165) is 0 Å². The van der Waals surface area contributed by atoms with Gasteiger partial charge in [-0.15, -0.1) is 24.8 Å². The number of nitrogen functional groups attached to an aromatic ring is 1. The zero-order valence-corrected chi connectivity index (χ0v) is 8.85. The number of carbonyl (C=O) groups is 1. The predicted octanol–water partition coefficient (Wildman–Crippen LogP) is 1.20. The normalized spacial score (nSPS) is 10.6. The molecule has 0 radical (unpaired) electrons. The second kappa shape index (κ2) is 6.48. The summed E-state index contributed by atoms with van der Waals surface area (Å²) < 4.78 is 0. The lowest BCUT2D eigenvalue weighted by Crippen LogP contribution is -2.20. The SMILES string of the molecule is Cl.Cl.Nc1ccc([C@@H](N)C(=O)O)cc1. The van der Waals surface area contributed by atoms with Crippen molar-refractivity contribution < 1.29 is 9.90 Å². The Bertz CT molecular complexity index is 290. The molecule has 1 atom stereocenters. The standard InChI is InChI=1S/C8H10N2O2.2ClH/c9-6-3-1-5(2-4-6)7(10)8(11)12;;/h1-4,7H,9-10H2,(H,11,12);2*1H/t7-;;/m1../s1. The summed E-state index contributed by atoms with van der Waals surface area (Å²) in [6, 6.07) is 5.49. The highest BCUT2D eigenvalue weighted by Crippen LogP contribution is 2.12. The van der Waals surface area contributed by atoms with Crippen LogP contribution in [-0.2, 0) is 4.79 Å². The largest absolute Gasteiger partial charge is 0.480 e. The van der Waals surface area contributed by atoms with Crippen LogP contribution in [0.3, 0.4) is 0 Å². The van der Waals surface area contributed by atoms with Crippen molar-refractivity contribution >= 4 is 36.5 Å². The molecule has 0 saturated carbocycles. The molecule has 5 N–H and O–H groups in total. The van der Waals surface area contributed by atoms with E-state index < -0.39 is 12.0 Å². The Labute approximate surface area is 94.1 Å². The second-order valence-electron chi connectivity index (χ2n) is 2.48. The molecule has 0 fully saturated rings. The number of carboxylic acid groups (broad SMARTS) is 1. The summed E-state index contributed by atoms with van der Waals surface area (Å²) in [6.07, 6.45) is 0. The number of anilines is 1. The number of nitrogens with two attached hydrogens (primary N) is 2. The molecule has 80 valence electrons. The molecule has 0 amide bonds. The minimum Gasteiger partial charge on any atom is -0.480 e. The van der Waals surface area contributed by atoms with Gasteiger partial charge in [-0.25, -0.2) is 0 Å². The van der Waals surface area contributed by atoms with Crippen LogP contribution in [0.4, 0.5) is 5.69 Å². The fraction of sp³-hybridized carbons (Fsp3) is 0.125. The molecule has 0 aliphatic carbocycles. The number of hydrogen-bond donors (Lipinski definition) is 3. The van der Waals surface area contributed by atoms with Crippen LogP contribution in [0.1, 0.15) is 11.6 Å². The third-order valence-corrected chi connectivity index (χ3v) is 1.56. The van der Waals surface area contributed by atoms with Crippen molar-refractivity contribution in [2.45, 2.75) is 6.04 Å². The van der Waals surface area contributed by atoms with Crippen molar-refractivity contribution in [1.29, 1.82) is 0 Å². The number of aliphatic carboxylic acids is 1. The zero-order valence-electron chi connectivity index (χ0n) is 7.21. The van der Waals surface area contributed by atoms with E-state index in [4.69, 9.17) is 16.6 Å². The molecule has 0 aliphatic rings. The minimum atomic E-state index is -1.04. The van der Waals surface area contributed by atoms with Gasteiger partial charge in [0.2, 0.25) is 0 Å². The van der Waals surface area contributed by atoms with Crippen LogP contribution in [0, 0.1) is 0 Å². The van der Waals surface area contributed by atoms with Crippen molar-refractivity contribution in [1.82, 2.24) is 0 Å². The molecule has 0 spiro atoms. The first-order valence-electron chi connectivity index (χ1n) is 3.45. The Morgan fingerprint density at radius 2 is 1.64 bits per heavy atom. The second-order valence-corrected chi connectivity index (χ2v) is 2.48. The van der Waals surface area contributed by atoms with Crippen molar-refractivity contribution in [2.75, 3.05) is 5.73 Å². The molecule has 0 saturated heterocycles. The molecule has 0 heterocycles. The number of halogens is 2. The highest BCUT2D eigenvalue weighted by molar-refractivity contribution is 5.85. The molecule has 1 aromatic carbocycles. The van der Waals surface area contributed by atoms with Gasteiger partial charge in [0.1, 0.15) is 6.04 Å². The van der Waals surface area contributed by atoms with Gasteiger partial charge in [-0.1, -0.05) is 12.1 Å². The maximum absolute atomic E-state index is 10.4. The fourth-order valence-corrected chi connectivity index (χ4v) is 0.846. The van der Waals surface area contributed by atoms with Gasteiger partial charge in [0.15, 0.2) is 0 Å². The first-order valence-corrected chi connectivity index (χ1v) is 3.45. The van der Waals surface area contributed by atoms with E-state index in [2.05, 4.69) is 0 Å². The monoisotopic (exact) mass is 238 g/mol. The predicted molar refractivity (Wildman–Crippen MR) is 59.9 cm³/mol. The lowest BCUT2D eigenvalue weighted by Gasteiger charge is -2.05. The summed E-state index contributed by atoms with van der Waals surface area (Å²) in [5.41, 5.74) is 11.9. The van der Waals surface area contributed by atoms with Gasteiger partial charge < -0.3 is 16.6 Å². The summed E-state index contributed by atoms with van der Waals surface area (Å²) in [7, 11) is 0. The average Bonchev–Trinajstić information content (AvgIpc) is 2.04. The van der Waals surface area contributed by atoms with E-state index in [1.54, 1.807) is 24.3 Å². The summed E-state index contributed by atoms with van der Waals surface area (Å²) in [6.45, 7) is 0. The Kier molecular flexibility index (Phi) is 7.17. The highest BCUT2D eigenvalue weighted by atomic mass is 35.5. The summed E-state index contributed by atoms with van der Waals surface area (Å²) >= 11 is 0. The van der Waals surface area contributed by atoms with Crippen LogP contribution < -0.4 is 11.5 Å². The maximum Gasteiger partial charge on any atom is 0.325 e. The molecule has 6 heteroatoms. The number of carboxylic acids is 1. The van der Waals surface area contributed by atoms with Crippen LogP contribution in [0.15, 0.2) is 24.3 Å². The van der Waals surface area contributed by atoms with E-state index in [-0.39, 0.29) is 24.8 Å². The Hall–Kier alpha value is -0.970. The van der Waals surface area contributed by atoms with Gasteiger partial charge in [-0.05, 0) is 17.7 Å². The molecule has 0 aliphatic heterocycles. The fourth-order valence-electron chi connectivity index (χ4n) is 0.846. The first-order chi connectivity index (χ1) is 5.61. The van der Waals surface area contributed by atoms with Gasteiger partial charge in [-0.3, -0.25) is 4.79 Å². The van der Waals surface area contributed by atoms with Crippen molar-refractivity contribution in [3.63, 3.8) is 0 Å². The Balaban J connectivity index is 0. The van der Waals surface area contributed by atoms with Gasteiger partial charge in [0.25, 0.3) is 0 Å². The third-order valence-electron chi connectivity index (χ3n) is 1.56. The lowest BCUT2D eigenvalue weighted by molar-refractivity contribution is -0.138. The molecule has 0 unspecified atom stereocenters. The maximum atomic E-state index is 10.4. The van der Waals surface area contributed by atoms with Crippen molar-refractivity contribution in [2.24, 2.45) is 5.73 Å². The van der Waals surface area contributed by atoms with Gasteiger partial charge >= 0.3 is 5.97 Å². The third kappa shape index (κ3) is 3.83. The van der Waals surface area contributed by atoms with Crippen LogP contribution in [-0.4, -0.2) is 11.1 Å². The smallest absolute Gasteiger partial charge is 0.325 e. The number of hydrogen-bond acceptors (Lipinski definition) is 3. The van der Waals surface area contributed by atoms with Crippen LogP contribution in [0.25, 0.3) is 0 Å². The summed E-state index contributed by atoms with van der Waals surface area (Å²) in [5, 5.41) is 8.55. The van der Waals surface area contributed by atoms with E-state index in [1.165, 1.54) is 0 Å². The number of benzene rings is 1. The minimum absolute atomic E-state index is 0. The molecule has 0 aromatic heterocycles. The lowest BCUT2D eigenvalue weighted by atomic mass is 10.1. The first kappa shape index (κ1) is 15.5. The van der Waals surface area contributed by atoms with Gasteiger partial charge in [-0.2, -0.15) is 0 Å². The molecule has 14 heavy (non-hydrogen) atoms. The Morgan fingerprint density at radius 3 is 2.00 bits per heavy atom. The summed E-state index contributed by atoms with van der Waals surface area (Å²) in [5.74, 6) is -1.04. The highest BCUT2D eigenvalue weighted by Gasteiger charge is 2.12. The van der Waals surface area contributed by atoms with Crippen molar-refractivity contribution in [3.8, 4) is 0 Å². The molecule has 1 aromatic rings.